The number of ether oxygens (including phenoxy) is 2. The van der Waals surface area contributed by atoms with Crippen LogP contribution in [0, 0.1) is 0 Å². The summed E-state index contributed by atoms with van der Waals surface area (Å²) in [5.74, 6) is 0.679. The van der Waals surface area contributed by atoms with E-state index in [2.05, 4.69) is 10.1 Å². The van der Waals surface area contributed by atoms with Crippen LogP contribution in [0.4, 0.5) is 0 Å². The van der Waals surface area contributed by atoms with E-state index in [0.29, 0.717) is 24.9 Å². The van der Waals surface area contributed by atoms with Crippen molar-refractivity contribution in [2.24, 2.45) is 0 Å². The molecule has 0 bridgehead atoms. The number of carbonyl (C=O) groups excluding carboxylic acids is 1. The number of carbonyl (C=O) groups is 1. The van der Waals surface area contributed by atoms with Crippen molar-refractivity contribution in [2.75, 3.05) is 20.3 Å². The number of aromatic nitrogens is 2. The van der Waals surface area contributed by atoms with Crippen molar-refractivity contribution in [2.45, 2.75) is 26.4 Å². The number of methoxy groups -OCH3 is 1. The van der Waals surface area contributed by atoms with Gasteiger partial charge in [0.2, 0.25) is 5.89 Å². The Kier molecular flexibility index (Phi) is 5.66. The molecule has 0 atom stereocenters. The summed E-state index contributed by atoms with van der Waals surface area (Å²) in [5.41, 5.74) is 0. The topological polar surface area (TPSA) is 74.5 Å². The molecule has 0 unspecified atom stereocenters. The van der Waals surface area contributed by atoms with Crippen molar-refractivity contribution in [1.29, 1.82) is 0 Å². The lowest BCUT2D eigenvalue weighted by atomic mass is 10.3. The van der Waals surface area contributed by atoms with Crippen molar-refractivity contribution in [3.8, 4) is 0 Å². The van der Waals surface area contributed by atoms with Crippen LogP contribution in [0.5, 0.6) is 0 Å². The Hall–Kier alpha value is -1.27. The van der Waals surface area contributed by atoms with E-state index in [1.54, 1.807) is 0 Å². The van der Waals surface area contributed by atoms with E-state index < -0.39 is 0 Å². The van der Waals surface area contributed by atoms with Crippen LogP contribution >= 0.6 is 0 Å². The van der Waals surface area contributed by atoms with Gasteiger partial charge in [0, 0.05) is 13.7 Å². The van der Waals surface area contributed by atoms with Crippen LogP contribution < -0.4 is 0 Å². The van der Waals surface area contributed by atoms with Crippen molar-refractivity contribution < 1.29 is 18.8 Å². The molecule has 0 aliphatic rings. The van der Waals surface area contributed by atoms with Crippen LogP contribution in [0.2, 0.25) is 0 Å². The molecule has 90 valence electrons. The molecule has 0 aliphatic carbocycles. The summed E-state index contributed by atoms with van der Waals surface area (Å²) in [4.78, 5) is 15.2. The Morgan fingerprint density at radius 3 is 3.00 bits per heavy atom. The second kappa shape index (κ2) is 7.08. The maximum absolute atomic E-state index is 11.2. The molecule has 16 heavy (non-hydrogen) atoms. The van der Waals surface area contributed by atoms with E-state index in [0.717, 1.165) is 6.42 Å². The van der Waals surface area contributed by atoms with Gasteiger partial charge in [-0.1, -0.05) is 12.1 Å². The molecule has 1 aromatic heterocycles. The predicted octanol–water partition coefficient (Wildman–Crippen LogP) is 0.754. The van der Waals surface area contributed by atoms with Gasteiger partial charge < -0.3 is 14.0 Å². The van der Waals surface area contributed by atoms with Crippen LogP contribution in [0.3, 0.4) is 0 Å². The first-order chi connectivity index (χ1) is 7.76. The van der Waals surface area contributed by atoms with Crippen molar-refractivity contribution >= 4 is 5.78 Å². The minimum atomic E-state index is -0.0906. The molecule has 1 aromatic rings. The largest absolute Gasteiger partial charge is 0.377 e. The standard InChI is InChI=1S/C10H16N2O4/c1-3-4-15-7-9-11-10(16-12-9)5-8(13)6-14-2/h3-7H2,1-2H3. The molecule has 1 heterocycles. The molecule has 0 aliphatic heterocycles. The Morgan fingerprint density at radius 1 is 1.50 bits per heavy atom. The number of nitrogens with zero attached hydrogens (tertiary/aromatic N) is 2. The van der Waals surface area contributed by atoms with Gasteiger partial charge in [0.1, 0.15) is 13.2 Å². The highest BCUT2D eigenvalue weighted by Crippen LogP contribution is 2.01. The number of hydrogen-bond acceptors (Lipinski definition) is 6. The van der Waals surface area contributed by atoms with E-state index in [1.807, 2.05) is 6.92 Å². The van der Waals surface area contributed by atoms with Crippen LogP contribution in [0.25, 0.3) is 0 Å². The molecule has 0 N–H and O–H groups in total. The van der Waals surface area contributed by atoms with E-state index in [-0.39, 0.29) is 18.8 Å². The molecular formula is C10H16N2O4. The highest BCUT2D eigenvalue weighted by molar-refractivity contribution is 5.81. The van der Waals surface area contributed by atoms with E-state index in [1.165, 1.54) is 7.11 Å². The van der Waals surface area contributed by atoms with Gasteiger partial charge in [-0.25, -0.2) is 0 Å². The predicted molar refractivity (Wildman–Crippen MR) is 54.8 cm³/mol. The summed E-state index contributed by atoms with van der Waals surface area (Å²) in [6.45, 7) is 3.05. The minimum absolute atomic E-state index is 0.0596. The monoisotopic (exact) mass is 228 g/mol. The first-order valence-electron chi connectivity index (χ1n) is 5.16. The van der Waals surface area contributed by atoms with Crippen molar-refractivity contribution in [3.05, 3.63) is 11.7 Å². The van der Waals surface area contributed by atoms with Gasteiger partial charge in [-0.05, 0) is 6.42 Å². The molecule has 0 spiro atoms. The fourth-order valence-corrected chi connectivity index (χ4v) is 1.11. The summed E-state index contributed by atoms with van der Waals surface area (Å²) in [7, 11) is 1.47. The zero-order valence-electron chi connectivity index (χ0n) is 9.56. The van der Waals surface area contributed by atoms with Crippen LogP contribution in [-0.2, 0) is 27.3 Å². The number of Topliss-reactive ketones (excluding diaryl/α,β-unsaturated/α-hetero) is 1. The van der Waals surface area contributed by atoms with Gasteiger partial charge in [0.25, 0.3) is 0 Å². The smallest absolute Gasteiger partial charge is 0.234 e. The van der Waals surface area contributed by atoms with Gasteiger partial charge in [-0.2, -0.15) is 4.98 Å². The zero-order valence-corrected chi connectivity index (χ0v) is 9.56. The third-order valence-electron chi connectivity index (χ3n) is 1.74. The molecule has 0 saturated heterocycles. The lowest BCUT2D eigenvalue weighted by Crippen LogP contribution is -2.09. The van der Waals surface area contributed by atoms with Gasteiger partial charge >= 0.3 is 0 Å². The maximum Gasteiger partial charge on any atom is 0.234 e. The average Bonchev–Trinajstić information content (AvgIpc) is 2.66. The Labute approximate surface area is 93.9 Å². The van der Waals surface area contributed by atoms with E-state index in [9.17, 15) is 4.79 Å². The lowest BCUT2D eigenvalue weighted by molar-refractivity contribution is -0.122. The van der Waals surface area contributed by atoms with Gasteiger partial charge in [-0.3, -0.25) is 4.79 Å². The highest BCUT2D eigenvalue weighted by Gasteiger charge is 2.10. The first kappa shape index (κ1) is 12.8. The van der Waals surface area contributed by atoms with Crippen LogP contribution in [-0.4, -0.2) is 36.2 Å². The molecule has 0 radical (unpaired) electrons. The fourth-order valence-electron chi connectivity index (χ4n) is 1.11. The fraction of sp³-hybridized carbons (Fsp3) is 0.700. The Morgan fingerprint density at radius 2 is 2.31 bits per heavy atom. The first-order valence-corrected chi connectivity index (χ1v) is 5.16. The SMILES string of the molecule is CCCOCc1noc(CC(=O)COC)n1. The quantitative estimate of drug-likeness (QED) is 0.611. The number of hydrogen-bond donors (Lipinski definition) is 0. The molecule has 0 amide bonds. The van der Waals surface area contributed by atoms with Gasteiger partial charge in [0.15, 0.2) is 11.6 Å². The van der Waals surface area contributed by atoms with Gasteiger partial charge in [0.05, 0.1) is 6.42 Å². The molecule has 6 nitrogen and oxygen atoms in total. The third-order valence-corrected chi connectivity index (χ3v) is 1.74. The molecule has 0 fully saturated rings. The summed E-state index contributed by atoms with van der Waals surface area (Å²) >= 11 is 0. The highest BCUT2D eigenvalue weighted by atomic mass is 16.5. The second-order valence-electron chi connectivity index (χ2n) is 3.31. The molecule has 6 heteroatoms. The van der Waals surface area contributed by atoms with Crippen LogP contribution in [0.1, 0.15) is 25.1 Å². The van der Waals surface area contributed by atoms with E-state index in [4.69, 9.17) is 14.0 Å². The zero-order chi connectivity index (χ0) is 11.8. The summed E-state index contributed by atoms with van der Waals surface area (Å²) < 4.78 is 14.8. The van der Waals surface area contributed by atoms with Crippen molar-refractivity contribution in [1.82, 2.24) is 10.1 Å². The average molecular weight is 228 g/mol. The molecule has 1 rings (SSSR count). The lowest BCUT2D eigenvalue weighted by Gasteiger charge is -1.95. The molecule has 0 aromatic carbocycles. The summed E-state index contributed by atoms with van der Waals surface area (Å²) in [6.07, 6.45) is 1.05. The maximum atomic E-state index is 11.2. The van der Waals surface area contributed by atoms with Crippen LogP contribution in [0.15, 0.2) is 4.52 Å². The van der Waals surface area contributed by atoms with Crippen molar-refractivity contribution in [3.63, 3.8) is 0 Å². The summed E-state index contributed by atoms with van der Waals surface area (Å²) in [6, 6.07) is 0. The Balaban J connectivity index is 2.36. The minimum Gasteiger partial charge on any atom is -0.377 e. The number of rotatable bonds is 8. The molecule has 0 saturated carbocycles. The van der Waals surface area contributed by atoms with Gasteiger partial charge in [-0.15, -0.1) is 0 Å². The molecular weight excluding hydrogens is 212 g/mol. The van der Waals surface area contributed by atoms with E-state index >= 15 is 0 Å². The third kappa shape index (κ3) is 4.50. The normalized spacial score (nSPS) is 10.6. The summed E-state index contributed by atoms with van der Waals surface area (Å²) in [5, 5.41) is 3.70. The second-order valence-corrected chi connectivity index (χ2v) is 3.31. The number of ketones is 1. The Bertz CT molecular complexity index is 324.